The highest BCUT2D eigenvalue weighted by Crippen LogP contribution is 2.48. The van der Waals surface area contributed by atoms with Gasteiger partial charge in [0, 0.05) is 38.5 Å². The Bertz CT molecular complexity index is 3190. The van der Waals surface area contributed by atoms with Crippen molar-refractivity contribution in [3.8, 4) is 33.4 Å². The number of fused-ring (bicyclic) bond motifs is 7. The standard InChI is InChI=1S/C52H33NO2/c1-2-11-37(12-3-1)43-30-31-47-45-15-7-9-17-49(45)55-52(47)51(43)53(41-25-20-35(21-26-41)39-19-18-34-10-4-5-13-38(34)32-39)42-27-22-36(23-28-42)40-24-29-46-44-14-6-8-16-48(44)54-50(46)33-40/h1-33H. The fourth-order valence-corrected chi connectivity index (χ4v) is 8.13. The number of para-hydroxylation sites is 2. The first kappa shape index (κ1) is 31.2. The third kappa shape index (κ3) is 5.28. The van der Waals surface area contributed by atoms with Crippen molar-refractivity contribution in [1.29, 1.82) is 0 Å². The number of hydrogen-bond donors (Lipinski definition) is 0. The lowest BCUT2D eigenvalue weighted by Gasteiger charge is -2.28. The van der Waals surface area contributed by atoms with E-state index in [9.17, 15) is 0 Å². The molecule has 9 aromatic carbocycles. The summed E-state index contributed by atoms with van der Waals surface area (Å²) in [6.45, 7) is 0. The molecule has 0 atom stereocenters. The second-order valence-electron chi connectivity index (χ2n) is 14.1. The first-order valence-corrected chi connectivity index (χ1v) is 18.7. The van der Waals surface area contributed by atoms with E-state index in [0.717, 1.165) is 88.8 Å². The number of anilines is 3. The molecule has 0 fully saturated rings. The fourth-order valence-electron chi connectivity index (χ4n) is 8.13. The summed E-state index contributed by atoms with van der Waals surface area (Å²) < 4.78 is 13.1. The lowest BCUT2D eigenvalue weighted by atomic mass is 9.98. The van der Waals surface area contributed by atoms with Crippen molar-refractivity contribution >= 4 is 71.7 Å². The summed E-state index contributed by atoms with van der Waals surface area (Å²) in [6.07, 6.45) is 0. The Labute approximate surface area is 317 Å². The van der Waals surface area contributed by atoms with Crippen molar-refractivity contribution in [2.75, 3.05) is 4.90 Å². The van der Waals surface area contributed by atoms with Crippen molar-refractivity contribution in [3.05, 3.63) is 200 Å². The Balaban J connectivity index is 1.09. The first-order valence-electron chi connectivity index (χ1n) is 18.7. The van der Waals surface area contributed by atoms with Gasteiger partial charge in [-0.3, -0.25) is 0 Å². The van der Waals surface area contributed by atoms with Gasteiger partial charge in [-0.05, 0) is 99.3 Å². The van der Waals surface area contributed by atoms with E-state index < -0.39 is 0 Å². The van der Waals surface area contributed by atoms with Gasteiger partial charge in [0.05, 0.1) is 5.69 Å². The number of hydrogen-bond acceptors (Lipinski definition) is 3. The van der Waals surface area contributed by atoms with E-state index in [0.29, 0.717) is 0 Å². The maximum Gasteiger partial charge on any atom is 0.160 e. The molecule has 0 aliphatic rings. The highest BCUT2D eigenvalue weighted by atomic mass is 16.3. The topological polar surface area (TPSA) is 29.5 Å². The molecule has 0 saturated heterocycles. The lowest BCUT2D eigenvalue weighted by Crippen LogP contribution is -2.11. The molecule has 2 aromatic heterocycles. The van der Waals surface area contributed by atoms with Crippen molar-refractivity contribution in [1.82, 2.24) is 0 Å². The first-order chi connectivity index (χ1) is 27.2. The van der Waals surface area contributed by atoms with E-state index >= 15 is 0 Å². The summed E-state index contributed by atoms with van der Waals surface area (Å²) in [6, 6.07) is 71.0. The molecule has 0 N–H and O–H groups in total. The van der Waals surface area contributed by atoms with E-state index in [1.54, 1.807) is 0 Å². The second kappa shape index (κ2) is 12.6. The zero-order valence-electron chi connectivity index (χ0n) is 29.8. The maximum atomic E-state index is 6.81. The van der Waals surface area contributed by atoms with Gasteiger partial charge in [0.2, 0.25) is 0 Å². The van der Waals surface area contributed by atoms with Crippen LogP contribution in [0.2, 0.25) is 0 Å². The van der Waals surface area contributed by atoms with Gasteiger partial charge >= 0.3 is 0 Å². The summed E-state index contributed by atoms with van der Waals surface area (Å²) >= 11 is 0. The van der Waals surface area contributed by atoms with Crippen LogP contribution in [0.3, 0.4) is 0 Å². The summed E-state index contributed by atoms with van der Waals surface area (Å²) in [4.78, 5) is 2.35. The number of furan rings is 2. The Hall–Kier alpha value is -7.36. The molecule has 258 valence electrons. The van der Waals surface area contributed by atoms with Crippen molar-refractivity contribution < 1.29 is 8.83 Å². The Kier molecular flexibility index (Phi) is 7.17. The van der Waals surface area contributed by atoms with E-state index in [4.69, 9.17) is 8.83 Å². The van der Waals surface area contributed by atoms with Crippen LogP contribution in [-0.4, -0.2) is 0 Å². The predicted molar refractivity (Wildman–Crippen MR) is 229 cm³/mol. The van der Waals surface area contributed by atoms with Crippen LogP contribution in [0.5, 0.6) is 0 Å². The quantitative estimate of drug-likeness (QED) is 0.173. The monoisotopic (exact) mass is 703 g/mol. The van der Waals surface area contributed by atoms with Crippen LogP contribution in [0.4, 0.5) is 17.1 Å². The van der Waals surface area contributed by atoms with Crippen LogP contribution in [-0.2, 0) is 0 Å². The smallest absolute Gasteiger partial charge is 0.160 e. The normalized spacial score (nSPS) is 11.6. The van der Waals surface area contributed by atoms with Crippen LogP contribution in [0, 0.1) is 0 Å². The van der Waals surface area contributed by atoms with Crippen LogP contribution in [0.25, 0.3) is 88.0 Å². The molecule has 0 amide bonds. The number of benzene rings is 9. The van der Waals surface area contributed by atoms with Gasteiger partial charge in [0.15, 0.2) is 5.58 Å². The predicted octanol–water partition coefficient (Wildman–Crippen LogP) is 15.1. The van der Waals surface area contributed by atoms with Crippen molar-refractivity contribution in [2.24, 2.45) is 0 Å². The summed E-state index contributed by atoms with van der Waals surface area (Å²) in [5.41, 5.74) is 13.3. The summed E-state index contributed by atoms with van der Waals surface area (Å²) in [5.74, 6) is 0. The molecule has 0 bridgehead atoms. The minimum absolute atomic E-state index is 0.848. The van der Waals surface area contributed by atoms with E-state index in [1.807, 2.05) is 18.2 Å². The number of rotatable bonds is 6. The third-order valence-electron chi connectivity index (χ3n) is 10.9. The molecular weight excluding hydrogens is 671 g/mol. The van der Waals surface area contributed by atoms with Crippen molar-refractivity contribution in [3.63, 3.8) is 0 Å². The largest absolute Gasteiger partial charge is 0.456 e. The SMILES string of the molecule is c1ccc(-c2ccc3c(oc4ccccc43)c2N(c2ccc(-c3ccc4ccccc4c3)cc2)c2ccc(-c3ccc4c(c3)oc3ccccc34)cc2)cc1. The van der Waals surface area contributed by atoms with E-state index in [2.05, 4.69) is 187 Å². The van der Waals surface area contributed by atoms with Gasteiger partial charge in [0.1, 0.15) is 16.7 Å². The molecule has 0 radical (unpaired) electrons. The molecule has 3 nitrogen and oxygen atoms in total. The zero-order chi connectivity index (χ0) is 36.3. The van der Waals surface area contributed by atoms with Gasteiger partial charge in [-0.15, -0.1) is 0 Å². The Morgan fingerprint density at radius 1 is 0.309 bits per heavy atom. The minimum atomic E-state index is 0.848. The maximum absolute atomic E-state index is 6.81. The Morgan fingerprint density at radius 3 is 1.56 bits per heavy atom. The van der Waals surface area contributed by atoms with Gasteiger partial charge in [-0.1, -0.05) is 140 Å². The Morgan fingerprint density at radius 2 is 0.836 bits per heavy atom. The third-order valence-corrected chi connectivity index (χ3v) is 10.9. The fraction of sp³-hybridized carbons (Fsp3) is 0. The number of nitrogens with zero attached hydrogens (tertiary/aromatic N) is 1. The zero-order valence-corrected chi connectivity index (χ0v) is 29.8. The second-order valence-corrected chi connectivity index (χ2v) is 14.1. The molecule has 0 spiro atoms. The average Bonchev–Trinajstić information content (AvgIpc) is 3.83. The molecule has 11 aromatic rings. The highest BCUT2D eigenvalue weighted by molar-refractivity contribution is 6.14. The molecule has 55 heavy (non-hydrogen) atoms. The molecule has 0 saturated carbocycles. The van der Waals surface area contributed by atoms with Crippen LogP contribution < -0.4 is 4.90 Å². The molecule has 2 heterocycles. The average molecular weight is 704 g/mol. The summed E-state index contributed by atoms with van der Waals surface area (Å²) in [7, 11) is 0. The van der Waals surface area contributed by atoms with Crippen LogP contribution in [0.15, 0.2) is 209 Å². The van der Waals surface area contributed by atoms with Crippen LogP contribution in [0.1, 0.15) is 0 Å². The molecular formula is C52H33NO2. The van der Waals surface area contributed by atoms with Gasteiger partial charge in [0.25, 0.3) is 0 Å². The van der Waals surface area contributed by atoms with Gasteiger partial charge < -0.3 is 13.7 Å². The minimum Gasteiger partial charge on any atom is -0.456 e. The van der Waals surface area contributed by atoms with E-state index in [1.165, 1.54) is 16.3 Å². The molecule has 3 heteroatoms. The molecule has 11 rings (SSSR count). The molecule has 0 unspecified atom stereocenters. The lowest BCUT2D eigenvalue weighted by molar-refractivity contribution is 0.668. The van der Waals surface area contributed by atoms with Crippen molar-refractivity contribution in [2.45, 2.75) is 0 Å². The molecule has 0 aliphatic heterocycles. The molecule has 0 aliphatic carbocycles. The summed E-state index contributed by atoms with van der Waals surface area (Å²) in [5, 5.41) is 6.91. The van der Waals surface area contributed by atoms with E-state index in [-0.39, 0.29) is 0 Å². The van der Waals surface area contributed by atoms with Gasteiger partial charge in [-0.25, -0.2) is 0 Å². The highest BCUT2D eigenvalue weighted by Gasteiger charge is 2.24. The van der Waals surface area contributed by atoms with Crippen LogP contribution >= 0.6 is 0 Å². The van der Waals surface area contributed by atoms with Gasteiger partial charge in [-0.2, -0.15) is 0 Å².